The van der Waals surface area contributed by atoms with E-state index >= 15 is 0 Å². The fourth-order valence-corrected chi connectivity index (χ4v) is 2.16. The Hall–Kier alpha value is -0.830. The third-order valence-electron chi connectivity index (χ3n) is 3.20. The van der Waals surface area contributed by atoms with E-state index in [9.17, 15) is 0 Å². The minimum atomic E-state index is 0.336. The highest BCUT2D eigenvalue weighted by molar-refractivity contribution is 6.28. The van der Waals surface area contributed by atoms with E-state index in [2.05, 4.69) is 28.7 Å². The van der Waals surface area contributed by atoms with Crippen LogP contribution in [0, 0.1) is 18.8 Å². The Morgan fingerprint density at radius 3 is 2.53 bits per heavy atom. The molecule has 0 aromatic carbocycles. The van der Waals surface area contributed by atoms with Gasteiger partial charge in [-0.1, -0.05) is 13.8 Å². The Morgan fingerprint density at radius 1 is 1.33 bits per heavy atom. The first-order valence-corrected chi connectivity index (χ1v) is 5.70. The molecular formula is C11H16ClN3. The summed E-state index contributed by atoms with van der Waals surface area (Å²) in [7, 11) is 0. The monoisotopic (exact) mass is 225 g/mol. The molecule has 4 heteroatoms. The van der Waals surface area contributed by atoms with E-state index in [0.29, 0.717) is 5.28 Å². The summed E-state index contributed by atoms with van der Waals surface area (Å²) >= 11 is 5.82. The van der Waals surface area contributed by atoms with Gasteiger partial charge in [-0.05, 0) is 30.4 Å². The van der Waals surface area contributed by atoms with Gasteiger partial charge < -0.3 is 4.90 Å². The van der Waals surface area contributed by atoms with Crippen LogP contribution in [0.2, 0.25) is 5.28 Å². The normalized spacial score (nSPS) is 26.0. The second-order valence-electron chi connectivity index (χ2n) is 4.51. The van der Waals surface area contributed by atoms with Crippen molar-refractivity contribution in [1.82, 2.24) is 9.97 Å². The van der Waals surface area contributed by atoms with Gasteiger partial charge in [0.15, 0.2) is 0 Å². The van der Waals surface area contributed by atoms with Crippen molar-refractivity contribution in [2.24, 2.45) is 11.8 Å². The van der Waals surface area contributed by atoms with E-state index in [1.165, 1.54) is 0 Å². The van der Waals surface area contributed by atoms with Crippen molar-refractivity contribution in [2.45, 2.75) is 20.8 Å². The minimum absolute atomic E-state index is 0.336. The molecular weight excluding hydrogens is 210 g/mol. The Morgan fingerprint density at radius 2 is 1.93 bits per heavy atom. The van der Waals surface area contributed by atoms with Crippen molar-refractivity contribution in [1.29, 1.82) is 0 Å². The molecule has 3 nitrogen and oxygen atoms in total. The third-order valence-corrected chi connectivity index (χ3v) is 3.39. The van der Waals surface area contributed by atoms with Crippen LogP contribution in [0.5, 0.6) is 0 Å². The van der Waals surface area contributed by atoms with Crippen LogP contribution in [0.4, 0.5) is 5.82 Å². The SMILES string of the molecule is Cc1cnc(Cl)nc1N1CC(C)C(C)C1. The van der Waals surface area contributed by atoms with Crippen LogP contribution in [0.1, 0.15) is 19.4 Å². The quantitative estimate of drug-likeness (QED) is 0.688. The van der Waals surface area contributed by atoms with E-state index in [1.807, 2.05) is 6.92 Å². The molecule has 0 bridgehead atoms. The zero-order chi connectivity index (χ0) is 11.0. The summed E-state index contributed by atoms with van der Waals surface area (Å²) in [4.78, 5) is 10.6. The highest BCUT2D eigenvalue weighted by Crippen LogP contribution is 2.28. The molecule has 2 unspecified atom stereocenters. The summed E-state index contributed by atoms with van der Waals surface area (Å²) in [6, 6.07) is 0. The first kappa shape index (κ1) is 10.7. The van der Waals surface area contributed by atoms with Gasteiger partial charge in [0.1, 0.15) is 5.82 Å². The molecule has 2 atom stereocenters. The molecule has 0 aliphatic carbocycles. The number of nitrogens with zero attached hydrogens (tertiary/aromatic N) is 3. The number of hydrogen-bond acceptors (Lipinski definition) is 3. The molecule has 1 aromatic rings. The zero-order valence-electron chi connectivity index (χ0n) is 9.37. The van der Waals surface area contributed by atoms with E-state index in [0.717, 1.165) is 36.3 Å². The lowest BCUT2D eigenvalue weighted by atomic mass is 10.0. The topological polar surface area (TPSA) is 29.0 Å². The van der Waals surface area contributed by atoms with Gasteiger partial charge in [0.05, 0.1) is 0 Å². The van der Waals surface area contributed by atoms with E-state index < -0.39 is 0 Å². The van der Waals surface area contributed by atoms with Crippen molar-refractivity contribution in [2.75, 3.05) is 18.0 Å². The molecule has 1 aliphatic heterocycles. The van der Waals surface area contributed by atoms with Crippen molar-refractivity contribution in [3.05, 3.63) is 17.0 Å². The molecule has 0 amide bonds. The van der Waals surface area contributed by atoms with Crippen LogP contribution >= 0.6 is 11.6 Å². The second kappa shape index (κ2) is 3.97. The van der Waals surface area contributed by atoms with Crippen LogP contribution in [0.25, 0.3) is 0 Å². The summed E-state index contributed by atoms with van der Waals surface area (Å²) in [6.07, 6.45) is 1.79. The summed E-state index contributed by atoms with van der Waals surface area (Å²) in [5.41, 5.74) is 1.10. The Bertz CT molecular complexity index is 357. The van der Waals surface area contributed by atoms with Gasteiger partial charge in [-0.25, -0.2) is 9.97 Å². The number of aromatic nitrogens is 2. The lowest BCUT2D eigenvalue weighted by Gasteiger charge is -2.18. The summed E-state index contributed by atoms with van der Waals surface area (Å²) < 4.78 is 0. The number of rotatable bonds is 1. The van der Waals surface area contributed by atoms with E-state index in [4.69, 9.17) is 11.6 Å². The first-order chi connectivity index (χ1) is 7.08. The van der Waals surface area contributed by atoms with Gasteiger partial charge in [-0.2, -0.15) is 0 Å². The van der Waals surface area contributed by atoms with Gasteiger partial charge in [0, 0.05) is 24.8 Å². The van der Waals surface area contributed by atoms with Gasteiger partial charge in [0.25, 0.3) is 0 Å². The van der Waals surface area contributed by atoms with Crippen molar-refractivity contribution < 1.29 is 0 Å². The molecule has 1 saturated heterocycles. The first-order valence-electron chi connectivity index (χ1n) is 5.32. The Balaban J connectivity index is 2.27. The van der Waals surface area contributed by atoms with Crippen LogP contribution in [0.3, 0.4) is 0 Å². The molecule has 0 N–H and O–H groups in total. The van der Waals surface area contributed by atoms with Crippen LogP contribution in [-0.2, 0) is 0 Å². The lowest BCUT2D eigenvalue weighted by molar-refractivity contribution is 0.494. The maximum atomic E-state index is 5.82. The molecule has 1 fully saturated rings. The Labute approximate surface area is 95.5 Å². The summed E-state index contributed by atoms with van der Waals surface area (Å²) in [6.45, 7) is 8.72. The summed E-state index contributed by atoms with van der Waals surface area (Å²) in [5, 5.41) is 0.336. The predicted molar refractivity (Wildman–Crippen MR) is 62.3 cm³/mol. The highest BCUT2D eigenvalue weighted by atomic mass is 35.5. The van der Waals surface area contributed by atoms with Crippen LogP contribution in [-0.4, -0.2) is 23.1 Å². The lowest BCUT2D eigenvalue weighted by Crippen LogP contribution is -2.22. The van der Waals surface area contributed by atoms with E-state index in [1.54, 1.807) is 6.20 Å². The molecule has 2 heterocycles. The van der Waals surface area contributed by atoms with Gasteiger partial charge >= 0.3 is 0 Å². The average Bonchev–Trinajstić information content (AvgIpc) is 2.51. The minimum Gasteiger partial charge on any atom is -0.356 e. The fraction of sp³-hybridized carbons (Fsp3) is 0.636. The van der Waals surface area contributed by atoms with Crippen LogP contribution < -0.4 is 4.90 Å². The molecule has 2 rings (SSSR count). The van der Waals surface area contributed by atoms with Crippen molar-refractivity contribution >= 4 is 17.4 Å². The predicted octanol–water partition coefficient (Wildman–Crippen LogP) is 2.53. The summed E-state index contributed by atoms with van der Waals surface area (Å²) in [5.74, 6) is 2.43. The second-order valence-corrected chi connectivity index (χ2v) is 4.84. The maximum Gasteiger partial charge on any atom is 0.224 e. The molecule has 0 radical (unpaired) electrons. The number of anilines is 1. The number of aryl methyl sites for hydroxylation is 1. The van der Waals surface area contributed by atoms with Crippen molar-refractivity contribution in [3.63, 3.8) is 0 Å². The standard InChI is InChI=1S/C11H16ClN3/c1-7-4-13-11(12)14-10(7)15-5-8(2)9(3)6-15/h4,8-9H,5-6H2,1-3H3. The molecule has 82 valence electrons. The van der Waals surface area contributed by atoms with Gasteiger partial charge in [-0.3, -0.25) is 0 Å². The Kier molecular flexibility index (Phi) is 2.83. The molecule has 1 aliphatic rings. The molecule has 0 saturated carbocycles. The van der Waals surface area contributed by atoms with Crippen molar-refractivity contribution in [3.8, 4) is 0 Å². The van der Waals surface area contributed by atoms with Gasteiger partial charge in [0.2, 0.25) is 5.28 Å². The largest absolute Gasteiger partial charge is 0.356 e. The fourth-order valence-electron chi connectivity index (χ4n) is 2.03. The maximum absolute atomic E-state index is 5.82. The zero-order valence-corrected chi connectivity index (χ0v) is 10.1. The third kappa shape index (κ3) is 2.07. The highest BCUT2D eigenvalue weighted by Gasteiger charge is 2.27. The number of halogens is 1. The smallest absolute Gasteiger partial charge is 0.224 e. The average molecular weight is 226 g/mol. The molecule has 0 spiro atoms. The number of hydrogen-bond donors (Lipinski definition) is 0. The van der Waals surface area contributed by atoms with Gasteiger partial charge in [-0.15, -0.1) is 0 Å². The van der Waals surface area contributed by atoms with E-state index in [-0.39, 0.29) is 0 Å². The molecule has 1 aromatic heterocycles. The van der Waals surface area contributed by atoms with Crippen LogP contribution in [0.15, 0.2) is 6.20 Å². The molecule has 15 heavy (non-hydrogen) atoms.